The fourth-order valence-electron chi connectivity index (χ4n) is 1.46. The monoisotopic (exact) mass is 226 g/mol. The minimum Gasteiger partial charge on any atom is -0.486 e. The van der Waals surface area contributed by atoms with Crippen molar-refractivity contribution in [3.63, 3.8) is 0 Å². The molecule has 0 spiro atoms. The predicted molar refractivity (Wildman–Crippen MR) is 62.8 cm³/mol. The van der Waals surface area contributed by atoms with Crippen LogP contribution in [0.25, 0.3) is 0 Å². The van der Waals surface area contributed by atoms with Gasteiger partial charge in [0, 0.05) is 0 Å². The van der Waals surface area contributed by atoms with Gasteiger partial charge in [-0.25, -0.2) is 4.39 Å². The number of ether oxygens (including phenoxy) is 2. The van der Waals surface area contributed by atoms with E-state index >= 15 is 0 Å². The normalized spacial score (nSPS) is 13.1. The maximum Gasteiger partial charge on any atom is 0.197 e. The lowest BCUT2D eigenvalue weighted by Crippen LogP contribution is -2.16. The molecular formula is C13H19FO2. The molecule has 0 bridgehead atoms. The molecule has 1 aliphatic rings. The zero-order chi connectivity index (χ0) is 12.1. The number of fused-ring (bicyclic) bond motifs is 1. The molecule has 1 aromatic carbocycles. The lowest BCUT2D eigenvalue weighted by atomic mass is 10.0. The molecule has 0 N–H and O–H groups in total. The Hall–Kier alpha value is -1.25. The summed E-state index contributed by atoms with van der Waals surface area (Å²) in [5.74, 6) is 0.742. The Balaban J connectivity index is 0.000000606. The van der Waals surface area contributed by atoms with Crippen LogP contribution in [0, 0.1) is 5.82 Å². The first-order valence-corrected chi connectivity index (χ1v) is 5.77. The van der Waals surface area contributed by atoms with Gasteiger partial charge in [0.2, 0.25) is 0 Å². The molecule has 16 heavy (non-hydrogen) atoms. The van der Waals surface area contributed by atoms with Crippen molar-refractivity contribution >= 4 is 0 Å². The molecule has 0 amide bonds. The minimum absolute atomic E-state index is 0.251. The number of benzene rings is 1. The SMILES string of the molecule is CC.CC(C)c1cc(F)c2c(c1)OCCO2. The number of rotatable bonds is 1. The highest BCUT2D eigenvalue weighted by Gasteiger charge is 2.18. The molecule has 2 nitrogen and oxygen atoms in total. The van der Waals surface area contributed by atoms with E-state index in [-0.39, 0.29) is 11.6 Å². The van der Waals surface area contributed by atoms with Crippen molar-refractivity contribution < 1.29 is 13.9 Å². The van der Waals surface area contributed by atoms with Gasteiger partial charge < -0.3 is 9.47 Å². The quantitative estimate of drug-likeness (QED) is 0.726. The third-order valence-corrected chi connectivity index (χ3v) is 2.29. The van der Waals surface area contributed by atoms with Gasteiger partial charge in [0.15, 0.2) is 17.3 Å². The molecule has 0 aliphatic carbocycles. The van der Waals surface area contributed by atoms with Crippen molar-refractivity contribution in [3.8, 4) is 11.5 Å². The average Bonchev–Trinajstić information content (AvgIpc) is 2.31. The van der Waals surface area contributed by atoms with Crippen molar-refractivity contribution in [2.75, 3.05) is 13.2 Å². The van der Waals surface area contributed by atoms with Gasteiger partial charge in [-0.05, 0) is 23.6 Å². The summed E-state index contributed by atoms with van der Waals surface area (Å²) in [6.45, 7) is 8.95. The highest BCUT2D eigenvalue weighted by molar-refractivity contribution is 5.45. The second kappa shape index (κ2) is 5.73. The number of hydrogen-bond acceptors (Lipinski definition) is 2. The molecular weight excluding hydrogens is 207 g/mol. The molecule has 0 saturated carbocycles. The Morgan fingerprint density at radius 2 is 1.75 bits per heavy atom. The van der Waals surface area contributed by atoms with Crippen molar-refractivity contribution in [1.29, 1.82) is 0 Å². The second-order valence-electron chi connectivity index (χ2n) is 3.68. The van der Waals surface area contributed by atoms with E-state index in [1.54, 1.807) is 0 Å². The number of halogens is 1. The predicted octanol–water partition coefficient (Wildman–Crippen LogP) is 3.75. The Morgan fingerprint density at radius 1 is 1.12 bits per heavy atom. The second-order valence-corrected chi connectivity index (χ2v) is 3.68. The Bertz CT molecular complexity index is 348. The Labute approximate surface area is 96.4 Å². The Kier molecular flexibility index (Phi) is 4.59. The summed E-state index contributed by atoms with van der Waals surface area (Å²) in [5, 5.41) is 0. The van der Waals surface area contributed by atoms with Gasteiger partial charge in [-0.1, -0.05) is 27.7 Å². The standard InChI is InChI=1S/C11H13FO2.C2H6/c1-7(2)8-5-9(12)11-10(6-8)13-3-4-14-11;1-2/h5-7H,3-4H2,1-2H3;1-2H3. The van der Waals surface area contributed by atoms with Gasteiger partial charge in [-0.3, -0.25) is 0 Å². The van der Waals surface area contributed by atoms with Crippen LogP contribution in [0.4, 0.5) is 4.39 Å². The van der Waals surface area contributed by atoms with Crippen LogP contribution in [-0.4, -0.2) is 13.2 Å². The average molecular weight is 226 g/mol. The van der Waals surface area contributed by atoms with Crippen LogP contribution in [0.1, 0.15) is 39.2 Å². The molecule has 0 atom stereocenters. The summed E-state index contributed by atoms with van der Waals surface area (Å²) in [7, 11) is 0. The summed E-state index contributed by atoms with van der Waals surface area (Å²) in [6, 6.07) is 3.36. The van der Waals surface area contributed by atoms with Crippen LogP contribution in [0.3, 0.4) is 0 Å². The van der Waals surface area contributed by atoms with Crippen LogP contribution in [0.15, 0.2) is 12.1 Å². The summed E-state index contributed by atoms with van der Waals surface area (Å²) >= 11 is 0. The summed E-state index contributed by atoms with van der Waals surface area (Å²) < 4.78 is 24.0. The van der Waals surface area contributed by atoms with Crippen LogP contribution < -0.4 is 9.47 Å². The lowest BCUT2D eigenvalue weighted by molar-refractivity contribution is 0.164. The fraction of sp³-hybridized carbons (Fsp3) is 0.538. The third kappa shape index (κ3) is 2.65. The van der Waals surface area contributed by atoms with Crippen LogP contribution >= 0.6 is 0 Å². The zero-order valence-corrected chi connectivity index (χ0v) is 10.3. The first kappa shape index (κ1) is 12.8. The van der Waals surface area contributed by atoms with Crippen molar-refractivity contribution in [2.24, 2.45) is 0 Å². The van der Waals surface area contributed by atoms with Gasteiger partial charge in [-0.2, -0.15) is 0 Å². The molecule has 3 heteroatoms. The minimum atomic E-state index is -0.328. The third-order valence-electron chi connectivity index (χ3n) is 2.29. The van der Waals surface area contributed by atoms with E-state index < -0.39 is 0 Å². The highest BCUT2D eigenvalue weighted by atomic mass is 19.1. The molecule has 0 aromatic heterocycles. The van der Waals surface area contributed by atoms with Gasteiger partial charge in [0.05, 0.1) is 0 Å². The molecule has 1 aromatic rings. The van der Waals surface area contributed by atoms with E-state index in [1.165, 1.54) is 6.07 Å². The van der Waals surface area contributed by atoms with Crippen LogP contribution in [0.2, 0.25) is 0 Å². The fourth-order valence-corrected chi connectivity index (χ4v) is 1.46. The van der Waals surface area contributed by atoms with Gasteiger partial charge in [-0.15, -0.1) is 0 Å². The van der Waals surface area contributed by atoms with Crippen LogP contribution in [-0.2, 0) is 0 Å². The molecule has 2 rings (SSSR count). The van der Waals surface area contributed by atoms with E-state index in [0.29, 0.717) is 24.9 Å². The summed E-state index contributed by atoms with van der Waals surface area (Å²) in [5.41, 5.74) is 0.937. The molecule has 0 saturated heterocycles. The summed E-state index contributed by atoms with van der Waals surface area (Å²) in [6.07, 6.45) is 0. The van der Waals surface area contributed by atoms with E-state index in [9.17, 15) is 4.39 Å². The largest absolute Gasteiger partial charge is 0.486 e. The van der Waals surface area contributed by atoms with Crippen molar-refractivity contribution in [1.82, 2.24) is 0 Å². The summed E-state index contributed by atoms with van der Waals surface area (Å²) in [4.78, 5) is 0. The first-order valence-electron chi connectivity index (χ1n) is 5.77. The van der Waals surface area contributed by atoms with Gasteiger partial charge >= 0.3 is 0 Å². The van der Waals surface area contributed by atoms with Crippen molar-refractivity contribution in [2.45, 2.75) is 33.6 Å². The van der Waals surface area contributed by atoms with E-state index in [0.717, 1.165) is 5.56 Å². The molecule has 0 radical (unpaired) electrons. The first-order chi connectivity index (χ1) is 7.68. The Morgan fingerprint density at radius 3 is 2.38 bits per heavy atom. The molecule has 90 valence electrons. The molecule has 1 aliphatic heterocycles. The zero-order valence-electron chi connectivity index (χ0n) is 10.3. The molecule has 0 unspecified atom stereocenters. The smallest absolute Gasteiger partial charge is 0.197 e. The van der Waals surface area contributed by atoms with Gasteiger partial charge in [0.1, 0.15) is 13.2 Å². The van der Waals surface area contributed by atoms with E-state index in [2.05, 4.69) is 0 Å². The molecule has 1 heterocycles. The van der Waals surface area contributed by atoms with Gasteiger partial charge in [0.25, 0.3) is 0 Å². The van der Waals surface area contributed by atoms with E-state index in [1.807, 2.05) is 33.8 Å². The molecule has 0 fully saturated rings. The highest BCUT2D eigenvalue weighted by Crippen LogP contribution is 2.35. The van der Waals surface area contributed by atoms with Crippen molar-refractivity contribution in [3.05, 3.63) is 23.5 Å². The topological polar surface area (TPSA) is 18.5 Å². The maximum atomic E-state index is 13.5. The maximum absolute atomic E-state index is 13.5. The van der Waals surface area contributed by atoms with Crippen LogP contribution in [0.5, 0.6) is 11.5 Å². The number of hydrogen-bond donors (Lipinski definition) is 0. The van der Waals surface area contributed by atoms with E-state index in [4.69, 9.17) is 9.47 Å². The lowest BCUT2D eigenvalue weighted by Gasteiger charge is -2.20.